The molecule has 20 heavy (non-hydrogen) atoms. The normalized spacial score (nSPS) is 15.5. The average molecular weight is 275 g/mol. The van der Waals surface area contributed by atoms with Gasteiger partial charge < -0.3 is 4.74 Å². The Morgan fingerprint density at radius 3 is 2.70 bits per heavy atom. The van der Waals surface area contributed by atoms with Crippen LogP contribution < -0.4 is 4.74 Å². The second-order valence-corrected chi connectivity index (χ2v) is 6.36. The summed E-state index contributed by atoms with van der Waals surface area (Å²) < 4.78 is 5.71. The molecular formula is C18H29NO. The first-order chi connectivity index (χ1) is 9.61. The zero-order valence-corrected chi connectivity index (χ0v) is 13.5. The number of hydrogen-bond acceptors (Lipinski definition) is 2. The van der Waals surface area contributed by atoms with Crippen LogP contribution >= 0.6 is 0 Å². The van der Waals surface area contributed by atoms with Gasteiger partial charge in [0, 0.05) is 12.5 Å². The van der Waals surface area contributed by atoms with Gasteiger partial charge in [-0.25, -0.2) is 0 Å². The molecule has 0 radical (unpaired) electrons. The van der Waals surface area contributed by atoms with Crippen LogP contribution in [0, 0.1) is 5.92 Å². The van der Waals surface area contributed by atoms with Crippen molar-refractivity contribution in [3.8, 4) is 5.75 Å². The molecule has 1 aliphatic rings. The predicted octanol–water partition coefficient (Wildman–Crippen LogP) is 4.44. The summed E-state index contributed by atoms with van der Waals surface area (Å²) in [7, 11) is 0. The molecule has 112 valence electrons. The predicted molar refractivity (Wildman–Crippen MR) is 85.4 cm³/mol. The van der Waals surface area contributed by atoms with E-state index in [1.54, 1.807) is 0 Å². The highest BCUT2D eigenvalue weighted by Crippen LogP contribution is 2.30. The molecule has 0 saturated heterocycles. The van der Waals surface area contributed by atoms with Crippen LogP contribution in [0.15, 0.2) is 18.2 Å². The number of ether oxygens (including phenoxy) is 1. The molecule has 0 amide bonds. The molecular weight excluding hydrogens is 246 g/mol. The zero-order valence-electron chi connectivity index (χ0n) is 13.5. The highest BCUT2D eigenvalue weighted by atomic mass is 16.5. The Bertz CT molecular complexity index is 427. The number of nitrogens with zero attached hydrogens (tertiary/aromatic N) is 1. The Balaban J connectivity index is 2.07. The van der Waals surface area contributed by atoms with Crippen LogP contribution in [0.25, 0.3) is 0 Å². The van der Waals surface area contributed by atoms with Crippen LogP contribution in [0.4, 0.5) is 0 Å². The zero-order chi connectivity index (χ0) is 14.5. The Labute approximate surface area is 124 Å². The third-order valence-corrected chi connectivity index (χ3v) is 4.25. The standard InChI is InChI=1S/C18H29NO/c1-5-10-19(11-8-14(2)3)15(4)17-7-6-16-9-12-20-18(16)13-17/h6-7,13-15H,5,8-12H2,1-4H3. The Morgan fingerprint density at radius 1 is 1.20 bits per heavy atom. The van der Waals surface area contributed by atoms with Gasteiger partial charge in [-0.05, 0) is 56.0 Å². The number of hydrogen-bond donors (Lipinski definition) is 0. The Morgan fingerprint density at radius 2 is 2.00 bits per heavy atom. The molecule has 1 atom stereocenters. The Kier molecular flexibility index (Phi) is 5.47. The average Bonchev–Trinajstić information content (AvgIpc) is 2.89. The van der Waals surface area contributed by atoms with Crippen LogP contribution in [0.2, 0.25) is 0 Å². The molecule has 0 saturated carbocycles. The molecule has 2 rings (SSSR count). The fourth-order valence-corrected chi connectivity index (χ4v) is 2.86. The van der Waals surface area contributed by atoms with E-state index in [2.05, 4.69) is 50.8 Å². The fraction of sp³-hybridized carbons (Fsp3) is 0.667. The molecule has 0 spiro atoms. The molecule has 0 N–H and O–H groups in total. The number of fused-ring (bicyclic) bond motifs is 1. The molecule has 0 aliphatic carbocycles. The summed E-state index contributed by atoms with van der Waals surface area (Å²) in [6.45, 7) is 12.4. The highest BCUT2D eigenvalue weighted by Gasteiger charge is 2.18. The topological polar surface area (TPSA) is 12.5 Å². The molecule has 2 heteroatoms. The summed E-state index contributed by atoms with van der Waals surface area (Å²) in [6.07, 6.45) is 3.55. The number of benzene rings is 1. The van der Waals surface area contributed by atoms with Gasteiger partial charge >= 0.3 is 0 Å². The minimum absolute atomic E-state index is 0.475. The monoisotopic (exact) mass is 275 g/mol. The molecule has 1 aliphatic heterocycles. The molecule has 1 aromatic carbocycles. The van der Waals surface area contributed by atoms with Crippen LogP contribution in [-0.2, 0) is 6.42 Å². The quantitative estimate of drug-likeness (QED) is 0.729. The highest BCUT2D eigenvalue weighted by molar-refractivity contribution is 5.41. The van der Waals surface area contributed by atoms with Crippen molar-refractivity contribution in [1.82, 2.24) is 4.90 Å². The van der Waals surface area contributed by atoms with Crippen molar-refractivity contribution in [3.05, 3.63) is 29.3 Å². The summed E-state index contributed by atoms with van der Waals surface area (Å²) in [5, 5.41) is 0. The SMILES string of the molecule is CCCN(CCC(C)C)C(C)c1ccc2c(c1)OCC2. The van der Waals surface area contributed by atoms with Gasteiger partial charge in [0.25, 0.3) is 0 Å². The van der Waals surface area contributed by atoms with Crippen molar-refractivity contribution in [2.75, 3.05) is 19.7 Å². The first kappa shape index (κ1) is 15.4. The molecule has 0 bridgehead atoms. The van der Waals surface area contributed by atoms with Crippen molar-refractivity contribution < 1.29 is 4.74 Å². The largest absolute Gasteiger partial charge is 0.493 e. The molecule has 1 heterocycles. The summed E-state index contributed by atoms with van der Waals surface area (Å²) in [4.78, 5) is 2.61. The molecule has 0 aromatic heterocycles. The lowest BCUT2D eigenvalue weighted by atomic mass is 10.0. The van der Waals surface area contributed by atoms with E-state index in [1.807, 2.05) is 0 Å². The van der Waals surface area contributed by atoms with Crippen molar-refractivity contribution in [2.24, 2.45) is 5.92 Å². The van der Waals surface area contributed by atoms with Crippen LogP contribution in [0.3, 0.4) is 0 Å². The lowest BCUT2D eigenvalue weighted by molar-refractivity contribution is 0.199. The van der Waals surface area contributed by atoms with E-state index in [0.29, 0.717) is 6.04 Å². The van der Waals surface area contributed by atoms with Gasteiger partial charge in [-0.1, -0.05) is 32.9 Å². The van der Waals surface area contributed by atoms with Gasteiger partial charge in [0.15, 0.2) is 0 Å². The summed E-state index contributed by atoms with van der Waals surface area (Å²) >= 11 is 0. The minimum Gasteiger partial charge on any atom is -0.493 e. The van der Waals surface area contributed by atoms with E-state index in [4.69, 9.17) is 4.74 Å². The molecule has 2 nitrogen and oxygen atoms in total. The van der Waals surface area contributed by atoms with E-state index in [0.717, 1.165) is 24.7 Å². The second kappa shape index (κ2) is 7.12. The lowest BCUT2D eigenvalue weighted by Gasteiger charge is -2.30. The van der Waals surface area contributed by atoms with Crippen LogP contribution in [0.5, 0.6) is 5.75 Å². The fourth-order valence-electron chi connectivity index (χ4n) is 2.86. The molecule has 1 unspecified atom stereocenters. The van der Waals surface area contributed by atoms with Crippen LogP contribution in [0.1, 0.15) is 57.7 Å². The summed E-state index contributed by atoms with van der Waals surface area (Å²) in [6, 6.07) is 7.27. The van der Waals surface area contributed by atoms with Gasteiger partial charge in [0.05, 0.1) is 6.61 Å². The first-order valence-electron chi connectivity index (χ1n) is 8.11. The molecule has 1 aromatic rings. The second-order valence-electron chi connectivity index (χ2n) is 6.36. The first-order valence-corrected chi connectivity index (χ1v) is 8.11. The van der Waals surface area contributed by atoms with E-state index < -0.39 is 0 Å². The maximum atomic E-state index is 5.71. The lowest BCUT2D eigenvalue weighted by Crippen LogP contribution is -2.29. The van der Waals surface area contributed by atoms with E-state index in [-0.39, 0.29) is 0 Å². The molecule has 0 fully saturated rings. The van der Waals surface area contributed by atoms with Crippen molar-refractivity contribution in [3.63, 3.8) is 0 Å². The smallest absolute Gasteiger partial charge is 0.122 e. The van der Waals surface area contributed by atoms with Crippen molar-refractivity contribution in [1.29, 1.82) is 0 Å². The van der Waals surface area contributed by atoms with Gasteiger partial charge in [0.1, 0.15) is 5.75 Å². The van der Waals surface area contributed by atoms with E-state index in [1.165, 1.54) is 37.1 Å². The van der Waals surface area contributed by atoms with Crippen molar-refractivity contribution >= 4 is 0 Å². The Hall–Kier alpha value is -1.02. The van der Waals surface area contributed by atoms with Crippen molar-refractivity contribution in [2.45, 2.75) is 53.0 Å². The maximum Gasteiger partial charge on any atom is 0.122 e. The minimum atomic E-state index is 0.475. The third-order valence-electron chi connectivity index (χ3n) is 4.25. The number of rotatable bonds is 7. The third kappa shape index (κ3) is 3.76. The van der Waals surface area contributed by atoms with Gasteiger partial charge in [0.2, 0.25) is 0 Å². The summed E-state index contributed by atoms with van der Waals surface area (Å²) in [5.74, 6) is 1.87. The van der Waals surface area contributed by atoms with Gasteiger partial charge in [-0.15, -0.1) is 0 Å². The van der Waals surface area contributed by atoms with Gasteiger partial charge in [-0.2, -0.15) is 0 Å². The van der Waals surface area contributed by atoms with Gasteiger partial charge in [-0.3, -0.25) is 4.90 Å². The summed E-state index contributed by atoms with van der Waals surface area (Å²) in [5.41, 5.74) is 2.76. The van der Waals surface area contributed by atoms with E-state index >= 15 is 0 Å². The van der Waals surface area contributed by atoms with E-state index in [9.17, 15) is 0 Å². The maximum absolute atomic E-state index is 5.71. The van der Waals surface area contributed by atoms with Crippen LogP contribution in [-0.4, -0.2) is 24.6 Å².